The van der Waals surface area contributed by atoms with E-state index in [0.29, 0.717) is 18.0 Å². The molecule has 1 saturated heterocycles. The van der Waals surface area contributed by atoms with Gasteiger partial charge in [0.25, 0.3) is 0 Å². The van der Waals surface area contributed by atoms with Crippen molar-refractivity contribution in [2.75, 3.05) is 13.1 Å². The minimum atomic E-state index is -0.840. The first-order valence-electron chi connectivity index (χ1n) is 5.95. The first-order valence-corrected chi connectivity index (χ1v) is 5.95. The predicted octanol–water partition coefficient (Wildman–Crippen LogP) is -1.20. The van der Waals surface area contributed by atoms with Gasteiger partial charge in [0, 0.05) is 13.5 Å². The van der Waals surface area contributed by atoms with E-state index in [-0.39, 0.29) is 12.5 Å². The van der Waals surface area contributed by atoms with Crippen molar-refractivity contribution >= 4 is 17.8 Å². The quantitative estimate of drug-likeness (QED) is 0.438. The van der Waals surface area contributed by atoms with Crippen molar-refractivity contribution < 1.29 is 19.6 Å². The lowest BCUT2D eigenvalue weighted by Crippen LogP contribution is -2.46. The van der Waals surface area contributed by atoms with Crippen LogP contribution < -0.4 is 11.1 Å². The van der Waals surface area contributed by atoms with Crippen molar-refractivity contribution in [3.8, 4) is 0 Å². The van der Waals surface area contributed by atoms with Gasteiger partial charge >= 0.3 is 6.03 Å². The van der Waals surface area contributed by atoms with Crippen LogP contribution in [0.5, 0.6) is 0 Å². The number of nitrogens with zero attached hydrogens (tertiary/aromatic N) is 2. The smallest absolute Gasteiger partial charge is 0.345 e. The molecule has 104 valence electrons. The fraction of sp³-hybridized carbons (Fsp3) is 0.545. The Kier molecular flexibility index (Phi) is 3.43. The van der Waals surface area contributed by atoms with Crippen LogP contribution in [0.2, 0.25) is 0 Å². The van der Waals surface area contributed by atoms with E-state index in [2.05, 4.69) is 5.32 Å². The third-order valence-corrected chi connectivity index (χ3v) is 3.32. The molecular weight excluding hydrogens is 252 g/mol. The van der Waals surface area contributed by atoms with Gasteiger partial charge < -0.3 is 16.0 Å². The van der Waals surface area contributed by atoms with Crippen LogP contribution in [-0.4, -0.2) is 58.2 Å². The Hall–Kier alpha value is -2.09. The Balaban J connectivity index is 2.14. The minimum absolute atomic E-state index is 0.159. The number of fused-ring (bicyclic) bond motifs is 2. The maximum atomic E-state index is 11.7. The number of hydrogen-bond donors (Lipinski definition) is 3. The van der Waals surface area contributed by atoms with Gasteiger partial charge in [-0.2, -0.15) is 5.06 Å². The Bertz CT molecular complexity index is 462. The molecule has 0 spiro atoms. The molecule has 0 aromatic heterocycles. The molecular formula is C11H16N4O4. The molecule has 2 aliphatic heterocycles. The molecule has 2 bridgehead atoms. The first-order chi connectivity index (χ1) is 8.91. The largest absolute Gasteiger partial charge is 0.368 e. The Morgan fingerprint density at radius 3 is 2.84 bits per heavy atom. The van der Waals surface area contributed by atoms with Crippen molar-refractivity contribution in [2.24, 2.45) is 5.73 Å². The second-order valence-electron chi connectivity index (χ2n) is 4.62. The molecule has 2 atom stereocenters. The van der Waals surface area contributed by atoms with Crippen LogP contribution in [0.4, 0.5) is 4.79 Å². The fourth-order valence-corrected chi connectivity index (χ4v) is 2.39. The summed E-state index contributed by atoms with van der Waals surface area (Å²) in [5.74, 6) is -0.799. The standard InChI is InChI=1S/C11H16N4O4/c1-6(16)13-3-2-7-4-8(10(12)17)14-5-9(7)15(19)11(14)18/h4,8-9,19H,2-3,5H2,1H3,(H2,12,17)(H,13,16)/t8-,9-/m0/s1. The monoisotopic (exact) mass is 268 g/mol. The second-order valence-corrected chi connectivity index (χ2v) is 4.62. The zero-order chi connectivity index (χ0) is 14.2. The summed E-state index contributed by atoms with van der Waals surface area (Å²) < 4.78 is 0. The highest BCUT2D eigenvalue weighted by Crippen LogP contribution is 2.29. The topological polar surface area (TPSA) is 116 Å². The van der Waals surface area contributed by atoms with E-state index >= 15 is 0 Å². The van der Waals surface area contributed by atoms with Crippen LogP contribution in [0, 0.1) is 0 Å². The molecule has 0 aliphatic carbocycles. The molecule has 0 saturated carbocycles. The molecule has 2 heterocycles. The van der Waals surface area contributed by atoms with E-state index in [1.54, 1.807) is 6.08 Å². The maximum absolute atomic E-state index is 11.7. The third kappa shape index (κ3) is 2.39. The number of carbonyl (C=O) groups excluding carboxylic acids is 3. The van der Waals surface area contributed by atoms with Crippen molar-refractivity contribution in [1.29, 1.82) is 0 Å². The SMILES string of the molecule is CC(=O)NCCC1=C[C@@H](C(N)=O)N2C[C@@H]1N(O)C2=O. The van der Waals surface area contributed by atoms with Gasteiger partial charge in [0.1, 0.15) is 6.04 Å². The van der Waals surface area contributed by atoms with Gasteiger partial charge in [-0.15, -0.1) is 0 Å². The summed E-state index contributed by atoms with van der Waals surface area (Å²) >= 11 is 0. The van der Waals surface area contributed by atoms with E-state index in [4.69, 9.17) is 5.73 Å². The average Bonchev–Trinajstić information content (AvgIpc) is 2.57. The Morgan fingerprint density at radius 2 is 2.26 bits per heavy atom. The van der Waals surface area contributed by atoms with Gasteiger partial charge in [-0.1, -0.05) is 6.08 Å². The summed E-state index contributed by atoms with van der Waals surface area (Å²) in [7, 11) is 0. The highest BCUT2D eigenvalue weighted by molar-refractivity contribution is 5.89. The number of urea groups is 1. The van der Waals surface area contributed by atoms with Gasteiger partial charge in [-0.25, -0.2) is 4.79 Å². The predicted molar refractivity (Wildman–Crippen MR) is 63.9 cm³/mol. The highest BCUT2D eigenvalue weighted by Gasteiger charge is 2.46. The van der Waals surface area contributed by atoms with E-state index < -0.39 is 24.0 Å². The van der Waals surface area contributed by atoms with E-state index in [1.165, 1.54) is 11.8 Å². The molecule has 19 heavy (non-hydrogen) atoms. The maximum Gasteiger partial charge on any atom is 0.345 e. The third-order valence-electron chi connectivity index (χ3n) is 3.32. The number of primary amides is 1. The molecule has 8 heteroatoms. The van der Waals surface area contributed by atoms with E-state index in [9.17, 15) is 19.6 Å². The summed E-state index contributed by atoms with van der Waals surface area (Å²) in [6.07, 6.45) is 2.04. The lowest BCUT2D eigenvalue weighted by atomic mass is 9.97. The number of amides is 4. The zero-order valence-electron chi connectivity index (χ0n) is 10.5. The van der Waals surface area contributed by atoms with Gasteiger partial charge in [0.05, 0.1) is 12.6 Å². The molecule has 1 fully saturated rings. The number of rotatable bonds is 4. The van der Waals surface area contributed by atoms with Gasteiger partial charge in [-0.3, -0.25) is 14.8 Å². The minimum Gasteiger partial charge on any atom is -0.368 e. The van der Waals surface area contributed by atoms with Crippen molar-refractivity contribution in [2.45, 2.75) is 25.4 Å². The fourth-order valence-electron chi connectivity index (χ4n) is 2.39. The molecule has 0 unspecified atom stereocenters. The van der Waals surface area contributed by atoms with Crippen LogP contribution >= 0.6 is 0 Å². The van der Waals surface area contributed by atoms with E-state index in [1.807, 2.05) is 0 Å². The molecule has 0 aromatic rings. The Labute approximate surface area is 109 Å². The van der Waals surface area contributed by atoms with Crippen molar-refractivity contribution in [3.05, 3.63) is 11.6 Å². The molecule has 4 amide bonds. The van der Waals surface area contributed by atoms with Crippen LogP contribution in [-0.2, 0) is 9.59 Å². The van der Waals surface area contributed by atoms with E-state index in [0.717, 1.165) is 5.57 Å². The van der Waals surface area contributed by atoms with Crippen LogP contribution in [0.15, 0.2) is 11.6 Å². The molecule has 0 radical (unpaired) electrons. The van der Waals surface area contributed by atoms with Crippen LogP contribution in [0.25, 0.3) is 0 Å². The number of carbonyl (C=O) groups is 3. The molecule has 4 N–H and O–H groups in total. The normalized spacial score (nSPS) is 25.4. The Morgan fingerprint density at radius 1 is 1.58 bits per heavy atom. The van der Waals surface area contributed by atoms with Crippen LogP contribution in [0.3, 0.4) is 0 Å². The highest BCUT2D eigenvalue weighted by atomic mass is 16.5. The lowest BCUT2D eigenvalue weighted by molar-refractivity contribution is -0.121. The summed E-state index contributed by atoms with van der Waals surface area (Å²) in [6, 6.07) is -1.94. The number of hydroxylamine groups is 2. The van der Waals surface area contributed by atoms with Gasteiger partial charge in [0.2, 0.25) is 11.8 Å². The van der Waals surface area contributed by atoms with Crippen LogP contribution in [0.1, 0.15) is 13.3 Å². The summed E-state index contributed by atoms with van der Waals surface area (Å²) in [5.41, 5.74) is 5.98. The number of nitrogens with two attached hydrogens (primary N) is 1. The van der Waals surface area contributed by atoms with Crippen molar-refractivity contribution in [3.63, 3.8) is 0 Å². The summed E-state index contributed by atoms with van der Waals surface area (Å²) in [6.45, 7) is 2.01. The summed E-state index contributed by atoms with van der Waals surface area (Å²) in [4.78, 5) is 35.1. The summed E-state index contributed by atoms with van der Waals surface area (Å²) in [5, 5.41) is 12.9. The number of nitrogens with one attached hydrogen (secondary N) is 1. The molecule has 8 nitrogen and oxygen atoms in total. The molecule has 2 aliphatic rings. The molecule has 2 rings (SSSR count). The molecule has 0 aromatic carbocycles. The average molecular weight is 268 g/mol. The second kappa shape index (κ2) is 4.88. The van der Waals surface area contributed by atoms with Crippen molar-refractivity contribution in [1.82, 2.24) is 15.3 Å². The van der Waals surface area contributed by atoms with Gasteiger partial charge in [-0.05, 0) is 12.0 Å². The lowest BCUT2D eigenvalue weighted by Gasteiger charge is -2.27. The zero-order valence-corrected chi connectivity index (χ0v) is 10.5. The first kappa shape index (κ1) is 13.3. The van der Waals surface area contributed by atoms with Gasteiger partial charge in [0.15, 0.2) is 0 Å². The number of hydrogen-bond acceptors (Lipinski definition) is 4.